The van der Waals surface area contributed by atoms with E-state index >= 15 is 0 Å². The maximum absolute atomic E-state index is 13.1. The van der Waals surface area contributed by atoms with Gasteiger partial charge >= 0.3 is 0 Å². The Morgan fingerprint density at radius 3 is 2.40 bits per heavy atom. The van der Waals surface area contributed by atoms with Gasteiger partial charge in [-0.15, -0.1) is 0 Å². The SMILES string of the molecule is CC[C@H](O)c1ccc(N2CCC(=Cc3ccccc3N3CCN(C)CC3)C2=O)cc1. The van der Waals surface area contributed by atoms with Gasteiger partial charge in [0.25, 0.3) is 5.91 Å². The predicted octanol–water partition coefficient (Wildman–Crippen LogP) is 3.70. The van der Waals surface area contributed by atoms with E-state index in [1.807, 2.05) is 42.2 Å². The molecule has 2 fully saturated rings. The first-order valence-corrected chi connectivity index (χ1v) is 10.9. The van der Waals surface area contributed by atoms with E-state index in [4.69, 9.17) is 0 Å². The molecule has 158 valence electrons. The number of hydrogen-bond acceptors (Lipinski definition) is 4. The zero-order valence-electron chi connectivity index (χ0n) is 17.9. The highest BCUT2D eigenvalue weighted by Gasteiger charge is 2.27. The molecular weight excluding hydrogens is 374 g/mol. The van der Waals surface area contributed by atoms with Gasteiger partial charge in [0.05, 0.1) is 6.10 Å². The molecule has 0 bridgehead atoms. The number of hydrogen-bond donors (Lipinski definition) is 1. The minimum absolute atomic E-state index is 0.0759. The Bertz CT molecular complexity index is 914. The fourth-order valence-corrected chi connectivity index (χ4v) is 4.24. The fourth-order valence-electron chi connectivity index (χ4n) is 4.24. The lowest BCUT2D eigenvalue weighted by molar-refractivity contribution is -0.114. The second kappa shape index (κ2) is 9.02. The molecule has 1 atom stereocenters. The van der Waals surface area contributed by atoms with E-state index in [2.05, 4.69) is 41.1 Å². The molecule has 4 rings (SSSR count). The van der Waals surface area contributed by atoms with Gasteiger partial charge in [0.1, 0.15) is 0 Å². The van der Waals surface area contributed by atoms with Gasteiger partial charge in [-0.2, -0.15) is 0 Å². The lowest BCUT2D eigenvalue weighted by Gasteiger charge is -2.35. The predicted molar refractivity (Wildman–Crippen MR) is 123 cm³/mol. The van der Waals surface area contributed by atoms with Gasteiger partial charge < -0.3 is 19.8 Å². The molecule has 2 aliphatic heterocycles. The van der Waals surface area contributed by atoms with Crippen LogP contribution in [-0.4, -0.2) is 55.7 Å². The van der Waals surface area contributed by atoms with Crippen molar-refractivity contribution in [3.8, 4) is 0 Å². The first-order chi connectivity index (χ1) is 14.6. The molecule has 0 aliphatic carbocycles. The number of rotatable bonds is 5. The maximum atomic E-state index is 13.1. The Labute approximate surface area is 179 Å². The van der Waals surface area contributed by atoms with E-state index in [1.165, 1.54) is 5.69 Å². The Kier molecular flexibility index (Phi) is 6.21. The molecule has 0 radical (unpaired) electrons. The van der Waals surface area contributed by atoms with Crippen LogP contribution in [-0.2, 0) is 4.79 Å². The Morgan fingerprint density at radius 1 is 1.00 bits per heavy atom. The third-order valence-electron chi connectivity index (χ3n) is 6.21. The van der Waals surface area contributed by atoms with E-state index in [0.717, 1.165) is 55.0 Å². The number of nitrogens with zero attached hydrogens (tertiary/aromatic N) is 3. The molecule has 0 unspecified atom stereocenters. The normalized spacial score (nSPS) is 20.2. The van der Waals surface area contributed by atoms with E-state index in [0.29, 0.717) is 13.0 Å². The number of anilines is 2. The summed E-state index contributed by atoms with van der Waals surface area (Å²) in [7, 11) is 2.16. The number of piperazine rings is 1. The third-order valence-corrected chi connectivity index (χ3v) is 6.21. The summed E-state index contributed by atoms with van der Waals surface area (Å²) in [4.78, 5) is 19.7. The van der Waals surface area contributed by atoms with Crippen LogP contribution in [0.2, 0.25) is 0 Å². The van der Waals surface area contributed by atoms with Crippen molar-refractivity contribution in [2.24, 2.45) is 0 Å². The van der Waals surface area contributed by atoms with Crippen molar-refractivity contribution in [1.29, 1.82) is 0 Å². The second-order valence-corrected chi connectivity index (χ2v) is 8.24. The Balaban J connectivity index is 1.53. The summed E-state index contributed by atoms with van der Waals surface area (Å²) in [5, 5.41) is 10.00. The monoisotopic (exact) mass is 405 g/mol. The van der Waals surface area contributed by atoms with Crippen molar-refractivity contribution in [1.82, 2.24) is 4.90 Å². The van der Waals surface area contributed by atoms with Crippen LogP contribution >= 0.6 is 0 Å². The minimum atomic E-state index is -0.449. The highest BCUT2D eigenvalue weighted by Crippen LogP contribution is 2.30. The van der Waals surface area contributed by atoms with Crippen LogP contribution in [0.1, 0.15) is 37.0 Å². The highest BCUT2D eigenvalue weighted by molar-refractivity contribution is 6.11. The summed E-state index contributed by atoms with van der Waals surface area (Å²) in [5.74, 6) is 0.0759. The molecule has 2 saturated heterocycles. The van der Waals surface area contributed by atoms with Gasteiger partial charge in [0.15, 0.2) is 0 Å². The summed E-state index contributed by atoms with van der Waals surface area (Å²) in [6.45, 7) is 6.77. The first-order valence-electron chi connectivity index (χ1n) is 10.9. The number of likely N-dealkylation sites (N-methyl/N-ethyl adjacent to an activating group) is 1. The third kappa shape index (κ3) is 4.27. The van der Waals surface area contributed by atoms with Gasteiger partial charge in [-0.1, -0.05) is 37.3 Å². The second-order valence-electron chi connectivity index (χ2n) is 8.24. The van der Waals surface area contributed by atoms with Crippen molar-refractivity contribution < 1.29 is 9.90 Å². The molecule has 0 spiro atoms. The zero-order valence-corrected chi connectivity index (χ0v) is 17.9. The molecular formula is C25H31N3O2. The maximum Gasteiger partial charge on any atom is 0.254 e. The highest BCUT2D eigenvalue weighted by atomic mass is 16.3. The van der Waals surface area contributed by atoms with Crippen LogP contribution in [0, 0.1) is 0 Å². The van der Waals surface area contributed by atoms with Gasteiger partial charge in [-0.25, -0.2) is 0 Å². The number of para-hydroxylation sites is 1. The van der Waals surface area contributed by atoms with E-state index in [-0.39, 0.29) is 5.91 Å². The average molecular weight is 406 g/mol. The Hall–Kier alpha value is -2.63. The first kappa shape index (κ1) is 20.6. The zero-order chi connectivity index (χ0) is 21.1. The molecule has 0 saturated carbocycles. The van der Waals surface area contributed by atoms with E-state index < -0.39 is 6.10 Å². The van der Waals surface area contributed by atoms with Crippen LogP contribution < -0.4 is 9.80 Å². The van der Waals surface area contributed by atoms with Crippen LogP contribution in [0.4, 0.5) is 11.4 Å². The van der Waals surface area contributed by atoms with Gasteiger partial charge in [-0.05, 0) is 55.3 Å². The van der Waals surface area contributed by atoms with Crippen LogP contribution in [0.3, 0.4) is 0 Å². The summed E-state index contributed by atoms with van der Waals surface area (Å²) in [6.07, 6.45) is 3.05. The Morgan fingerprint density at radius 2 is 1.70 bits per heavy atom. The number of carbonyl (C=O) groups excluding carboxylic acids is 1. The molecule has 2 heterocycles. The molecule has 5 heteroatoms. The minimum Gasteiger partial charge on any atom is -0.388 e. The van der Waals surface area contributed by atoms with Crippen molar-refractivity contribution >= 4 is 23.4 Å². The number of aliphatic hydroxyl groups excluding tert-OH is 1. The fraction of sp³-hybridized carbons (Fsp3) is 0.400. The quantitative estimate of drug-likeness (QED) is 0.771. The summed E-state index contributed by atoms with van der Waals surface area (Å²) >= 11 is 0. The van der Waals surface area contributed by atoms with Crippen LogP contribution in [0.5, 0.6) is 0 Å². The topological polar surface area (TPSA) is 47.0 Å². The van der Waals surface area contributed by atoms with Crippen LogP contribution in [0.15, 0.2) is 54.1 Å². The van der Waals surface area contributed by atoms with Gasteiger partial charge in [-0.3, -0.25) is 4.79 Å². The molecule has 5 nitrogen and oxygen atoms in total. The van der Waals surface area contributed by atoms with Crippen LogP contribution in [0.25, 0.3) is 6.08 Å². The summed E-state index contributed by atoms with van der Waals surface area (Å²) < 4.78 is 0. The number of carbonyl (C=O) groups is 1. The molecule has 1 N–H and O–H groups in total. The molecule has 1 amide bonds. The average Bonchev–Trinajstić information content (AvgIpc) is 3.14. The molecule has 2 aromatic carbocycles. The molecule has 2 aromatic rings. The molecule has 30 heavy (non-hydrogen) atoms. The molecule has 0 aromatic heterocycles. The number of aliphatic hydroxyl groups is 1. The standard InChI is InChI=1S/C25H31N3O2/c1-3-24(29)19-8-10-22(11-9-19)28-13-12-21(25(28)30)18-20-6-4-5-7-23(20)27-16-14-26(2)15-17-27/h4-11,18,24,29H,3,12-17H2,1-2H3/t24-/m0/s1. The van der Waals surface area contributed by atoms with Gasteiger partial charge in [0.2, 0.25) is 0 Å². The number of benzene rings is 2. The van der Waals surface area contributed by atoms with Crippen molar-refractivity contribution in [2.45, 2.75) is 25.9 Å². The van der Waals surface area contributed by atoms with Gasteiger partial charge in [0, 0.05) is 49.7 Å². The summed E-state index contributed by atoms with van der Waals surface area (Å²) in [5.41, 5.74) is 4.97. The number of amides is 1. The lowest BCUT2D eigenvalue weighted by Crippen LogP contribution is -2.44. The largest absolute Gasteiger partial charge is 0.388 e. The van der Waals surface area contributed by atoms with E-state index in [1.54, 1.807) is 0 Å². The lowest BCUT2D eigenvalue weighted by atomic mass is 10.1. The van der Waals surface area contributed by atoms with Crippen molar-refractivity contribution in [3.05, 3.63) is 65.2 Å². The van der Waals surface area contributed by atoms with Crippen molar-refractivity contribution in [3.63, 3.8) is 0 Å². The van der Waals surface area contributed by atoms with E-state index in [9.17, 15) is 9.90 Å². The smallest absolute Gasteiger partial charge is 0.254 e. The van der Waals surface area contributed by atoms with Crippen molar-refractivity contribution in [2.75, 3.05) is 49.6 Å². The summed E-state index contributed by atoms with van der Waals surface area (Å²) in [6, 6.07) is 16.1. The molecule has 2 aliphatic rings.